The molecule has 0 aromatic rings. The van der Waals surface area contributed by atoms with Gasteiger partial charge >= 0.3 is 0 Å². The maximum atomic E-state index is 14.0. The number of epoxide rings is 1. The Morgan fingerprint density at radius 3 is 2.70 bits per heavy atom. The molecule has 8 rings (SSSR count). The maximum absolute atomic E-state index is 14.0. The molecule has 4 aliphatic carbocycles. The lowest BCUT2D eigenvalue weighted by Gasteiger charge is -2.76. The summed E-state index contributed by atoms with van der Waals surface area (Å²) in [7, 11) is 0. The molecule has 0 aromatic heterocycles. The molecule has 0 amide bonds. The van der Waals surface area contributed by atoms with Gasteiger partial charge in [0.25, 0.3) is 0 Å². The zero-order valence-corrected chi connectivity index (χ0v) is 18.3. The SMILES string of the molecule is C=C1C(=O)[C@@]23[C@@H]4OC(C)(C)OC25OC[C@]2([C@@H]6O[C@@H]6C[C@@](C)(CC)[C@H]2[C@@H]5O)[C@@H]3CC[C@@H]14. The van der Waals surface area contributed by atoms with Crippen LogP contribution in [0.2, 0.25) is 0 Å². The molecule has 4 saturated carbocycles. The van der Waals surface area contributed by atoms with Crippen molar-refractivity contribution in [2.24, 2.45) is 34.0 Å². The number of Topliss-reactive ketones (excluding diaryl/α,β-unsaturated/α-hetero) is 1. The van der Waals surface area contributed by atoms with E-state index in [4.69, 9.17) is 18.9 Å². The number of ketones is 1. The Balaban J connectivity index is 1.54. The molecule has 4 saturated heterocycles. The number of carbonyl (C=O) groups excluding carboxylic acids is 1. The van der Waals surface area contributed by atoms with Crippen LogP contribution in [0.1, 0.15) is 53.4 Å². The van der Waals surface area contributed by atoms with Crippen molar-refractivity contribution in [2.75, 3.05) is 6.61 Å². The zero-order chi connectivity index (χ0) is 21.1. The van der Waals surface area contributed by atoms with Crippen LogP contribution < -0.4 is 0 Å². The summed E-state index contributed by atoms with van der Waals surface area (Å²) in [6.45, 7) is 12.9. The fraction of sp³-hybridized carbons (Fsp3) is 0.875. The van der Waals surface area contributed by atoms with E-state index in [1.54, 1.807) is 0 Å². The van der Waals surface area contributed by atoms with Crippen molar-refractivity contribution in [3.63, 3.8) is 0 Å². The lowest BCUT2D eigenvalue weighted by Crippen LogP contribution is -2.88. The van der Waals surface area contributed by atoms with Gasteiger partial charge in [-0.3, -0.25) is 4.79 Å². The number of aliphatic hydroxyl groups excluding tert-OH is 1. The van der Waals surface area contributed by atoms with Crippen LogP contribution in [0.3, 0.4) is 0 Å². The highest BCUT2D eigenvalue weighted by molar-refractivity contribution is 6.05. The average Bonchev–Trinajstić information content (AvgIpc) is 3.45. The smallest absolute Gasteiger partial charge is 0.213 e. The van der Waals surface area contributed by atoms with Crippen LogP contribution >= 0.6 is 0 Å². The van der Waals surface area contributed by atoms with Gasteiger partial charge in [0.1, 0.15) is 11.5 Å². The van der Waals surface area contributed by atoms with Gasteiger partial charge in [0, 0.05) is 17.3 Å². The summed E-state index contributed by atoms with van der Waals surface area (Å²) in [5.41, 5.74) is -0.875. The van der Waals surface area contributed by atoms with E-state index < -0.39 is 23.1 Å². The Morgan fingerprint density at radius 2 is 1.97 bits per heavy atom. The molecule has 0 aromatic carbocycles. The molecule has 1 N–H and O–H groups in total. The van der Waals surface area contributed by atoms with Gasteiger partial charge in [0.15, 0.2) is 11.6 Å². The predicted molar refractivity (Wildman–Crippen MR) is 105 cm³/mol. The van der Waals surface area contributed by atoms with Crippen LogP contribution in [-0.2, 0) is 23.7 Å². The first-order valence-corrected chi connectivity index (χ1v) is 11.7. The van der Waals surface area contributed by atoms with Crippen LogP contribution in [0, 0.1) is 34.0 Å². The third kappa shape index (κ3) is 1.57. The van der Waals surface area contributed by atoms with Crippen LogP contribution in [0.5, 0.6) is 0 Å². The molecule has 4 aliphatic heterocycles. The Bertz CT molecular complexity index is 898. The van der Waals surface area contributed by atoms with E-state index >= 15 is 0 Å². The minimum absolute atomic E-state index is 0.00644. The summed E-state index contributed by atoms with van der Waals surface area (Å²) >= 11 is 0. The van der Waals surface area contributed by atoms with E-state index in [-0.39, 0.29) is 52.7 Å². The summed E-state index contributed by atoms with van der Waals surface area (Å²) in [4.78, 5) is 14.0. The van der Waals surface area contributed by atoms with Crippen molar-refractivity contribution in [3.05, 3.63) is 12.2 Å². The number of fused-ring (bicyclic) bond motifs is 2. The molecular formula is C24H32O6. The summed E-state index contributed by atoms with van der Waals surface area (Å²) in [6.07, 6.45) is 2.66. The Hall–Kier alpha value is -0.790. The fourth-order valence-electron chi connectivity index (χ4n) is 9.47. The second-order valence-corrected chi connectivity index (χ2v) is 11.8. The number of hydrogen-bond acceptors (Lipinski definition) is 6. The van der Waals surface area contributed by atoms with Gasteiger partial charge in [0.05, 0.1) is 24.9 Å². The summed E-state index contributed by atoms with van der Waals surface area (Å²) in [5, 5.41) is 12.1. The van der Waals surface area contributed by atoms with Gasteiger partial charge in [-0.2, -0.15) is 0 Å². The molecule has 6 nitrogen and oxygen atoms in total. The molecule has 4 bridgehead atoms. The molecule has 6 heteroatoms. The van der Waals surface area contributed by atoms with Crippen molar-refractivity contribution in [1.82, 2.24) is 0 Å². The monoisotopic (exact) mass is 416 g/mol. The molecule has 8 fully saturated rings. The van der Waals surface area contributed by atoms with E-state index in [1.807, 2.05) is 13.8 Å². The van der Waals surface area contributed by atoms with Crippen LogP contribution in [-0.4, -0.2) is 53.5 Å². The summed E-state index contributed by atoms with van der Waals surface area (Å²) < 4.78 is 25.9. The number of ether oxygens (including phenoxy) is 4. The Morgan fingerprint density at radius 1 is 1.20 bits per heavy atom. The number of carbonyl (C=O) groups is 1. The van der Waals surface area contributed by atoms with Gasteiger partial charge in [-0.05, 0) is 50.0 Å². The molecule has 1 unspecified atom stereocenters. The first-order chi connectivity index (χ1) is 14.1. The van der Waals surface area contributed by atoms with Crippen molar-refractivity contribution >= 4 is 5.78 Å². The third-order valence-electron chi connectivity index (χ3n) is 10.4. The van der Waals surface area contributed by atoms with Crippen LogP contribution in [0.4, 0.5) is 0 Å². The number of aliphatic hydroxyl groups is 1. The van der Waals surface area contributed by atoms with Crippen LogP contribution in [0.15, 0.2) is 12.2 Å². The molecule has 8 aliphatic rings. The first-order valence-electron chi connectivity index (χ1n) is 11.7. The van der Waals surface area contributed by atoms with Crippen molar-refractivity contribution in [1.29, 1.82) is 0 Å². The van der Waals surface area contributed by atoms with Gasteiger partial charge in [-0.15, -0.1) is 0 Å². The number of rotatable bonds is 1. The minimum Gasteiger partial charge on any atom is -0.387 e. The Kier molecular flexibility index (Phi) is 3.07. The Labute approximate surface area is 177 Å². The highest BCUT2D eigenvalue weighted by atomic mass is 16.8. The van der Waals surface area contributed by atoms with Gasteiger partial charge in [-0.1, -0.05) is 26.8 Å². The van der Waals surface area contributed by atoms with Crippen molar-refractivity contribution in [3.8, 4) is 0 Å². The summed E-state index contributed by atoms with van der Waals surface area (Å²) in [6, 6.07) is 0. The molecule has 4 heterocycles. The zero-order valence-electron chi connectivity index (χ0n) is 18.3. The van der Waals surface area contributed by atoms with Crippen molar-refractivity contribution in [2.45, 2.75) is 89.4 Å². The topological polar surface area (TPSA) is 77.5 Å². The molecule has 11 atom stereocenters. The quantitative estimate of drug-likeness (QED) is 0.523. The third-order valence-corrected chi connectivity index (χ3v) is 10.4. The minimum atomic E-state index is -1.39. The van der Waals surface area contributed by atoms with Gasteiger partial charge in [-0.25, -0.2) is 0 Å². The summed E-state index contributed by atoms with van der Waals surface area (Å²) in [5.74, 6) is -2.39. The highest BCUT2D eigenvalue weighted by Crippen LogP contribution is 2.81. The fourth-order valence-corrected chi connectivity index (χ4v) is 9.47. The molecular weight excluding hydrogens is 384 g/mol. The van der Waals surface area contributed by atoms with Gasteiger partial charge in [0.2, 0.25) is 5.79 Å². The average molecular weight is 417 g/mol. The largest absolute Gasteiger partial charge is 0.387 e. The highest BCUT2D eigenvalue weighted by Gasteiger charge is 2.92. The lowest BCUT2D eigenvalue weighted by atomic mass is 9.35. The molecule has 30 heavy (non-hydrogen) atoms. The molecule has 164 valence electrons. The first kappa shape index (κ1) is 18.8. The van der Waals surface area contributed by atoms with E-state index in [0.29, 0.717) is 12.2 Å². The molecule has 0 radical (unpaired) electrons. The lowest BCUT2D eigenvalue weighted by molar-refractivity contribution is -0.530. The van der Waals surface area contributed by atoms with E-state index in [9.17, 15) is 9.90 Å². The second-order valence-electron chi connectivity index (χ2n) is 11.8. The van der Waals surface area contributed by atoms with E-state index in [2.05, 4.69) is 20.4 Å². The predicted octanol–water partition coefficient (Wildman–Crippen LogP) is 2.58. The standard InChI is InChI=1S/C24H32O6/c1-6-21(5)9-13-19(28-13)22-10-27-24(17(26)15(21)22)23-14(22)8-7-12(11(2)16(23)25)18(23)29-20(3,4)30-24/h12-15,17-19,26H,2,6-10H2,1,3-5H3/t12-,13+,14-,15+,17-,18+,19+,21+,22-,23-,24?/m0/s1. The van der Waals surface area contributed by atoms with Gasteiger partial charge < -0.3 is 24.1 Å². The molecule has 3 spiro atoms. The number of hydrogen-bond donors (Lipinski definition) is 1. The van der Waals surface area contributed by atoms with E-state index in [1.165, 1.54) is 0 Å². The van der Waals surface area contributed by atoms with E-state index in [0.717, 1.165) is 25.7 Å². The maximum Gasteiger partial charge on any atom is 0.213 e. The van der Waals surface area contributed by atoms with Crippen LogP contribution in [0.25, 0.3) is 0 Å². The van der Waals surface area contributed by atoms with Crippen molar-refractivity contribution < 1.29 is 28.8 Å². The second kappa shape index (κ2) is 4.91. The normalized spacial score (nSPS) is 63.8.